The number of ether oxygens (including phenoxy) is 1. The predicted molar refractivity (Wildman–Crippen MR) is 104 cm³/mol. The lowest BCUT2D eigenvalue weighted by Gasteiger charge is -2.19. The van der Waals surface area contributed by atoms with Gasteiger partial charge in [0.25, 0.3) is 0 Å². The third-order valence-corrected chi connectivity index (χ3v) is 4.74. The van der Waals surface area contributed by atoms with Crippen LogP contribution in [0.5, 0.6) is 0 Å². The number of hydrogen-bond donors (Lipinski definition) is 1. The number of carboxylic acids is 1. The maximum atomic E-state index is 13.1. The van der Waals surface area contributed by atoms with Crippen LogP contribution in [0.1, 0.15) is 55.2 Å². The molecule has 0 fully saturated rings. The lowest BCUT2D eigenvalue weighted by molar-refractivity contribution is -0.138. The van der Waals surface area contributed by atoms with Crippen LogP contribution in [-0.2, 0) is 14.9 Å². The molecule has 0 saturated carbocycles. The average molecular weight is 383 g/mol. The summed E-state index contributed by atoms with van der Waals surface area (Å²) in [5.41, 5.74) is 0.711. The fraction of sp³-hybridized carbons (Fsp3) is 0.333. The second kappa shape index (κ2) is 6.74. The number of pyridine rings is 1. The first-order valence-electron chi connectivity index (χ1n) is 8.77. The summed E-state index contributed by atoms with van der Waals surface area (Å²) >= 11 is 0. The molecule has 0 saturated heterocycles. The number of carbonyl (C=O) groups is 2. The summed E-state index contributed by atoms with van der Waals surface area (Å²) < 4.78 is 10.5. The van der Waals surface area contributed by atoms with Gasteiger partial charge in [0.2, 0.25) is 11.1 Å². The standard InChI is InChI=1S/C21H21NO6/c1-10(19(24)25)16-13(20(26)27-5)9-14-17(23)12-8-11(21(2,3)4)6-7-15(12)28-18(14)22-16/h6-10H,1-5H3,(H,24,25). The summed E-state index contributed by atoms with van der Waals surface area (Å²) in [5.74, 6) is -3.00. The summed E-state index contributed by atoms with van der Waals surface area (Å²) in [4.78, 5) is 40.9. The van der Waals surface area contributed by atoms with E-state index in [2.05, 4.69) is 4.98 Å². The van der Waals surface area contributed by atoms with Gasteiger partial charge in [-0.05, 0) is 36.1 Å². The topological polar surface area (TPSA) is 107 Å². The number of carboxylic acid groups (broad SMARTS) is 1. The van der Waals surface area contributed by atoms with Crippen LogP contribution in [0, 0.1) is 0 Å². The first-order valence-corrected chi connectivity index (χ1v) is 8.77. The number of hydrogen-bond acceptors (Lipinski definition) is 6. The highest BCUT2D eigenvalue weighted by Crippen LogP contribution is 2.28. The molecule has 0 aliphatic carbocycles. The molecule has 1 unspecified atom stereocenters. The molecule has 3 aromatic rings. The van der Waals surface area contributed by atoms with Gasteiger partial charge in [-0.25, -0.2) is 9.78 Å². The van der Waals surface area contributed by atoms with Crippen molar-refractivity contribution in [1.82, 2.24) is 4.98 Å². The Hall–Kier alpha value is -3.22. The van der Waals surface area contributed by atoms with E-state index in [1.54, 1.807) is 12.1 Å². The molecule has 1 aromatic carbocycles. The number of nitrogens with zero attached hydrogens (tertiary/aromatic N) is 1. The number of methoxy groups -OCH3 is 1. The Labute approximate surface area is 160 Å². The molecular formula is C21H21NO6. The van der Waals surface area contributed by atoms with E-state index in [0.717, 1.165) is 5.56 Å². The van der Waals surface area contributed by atoms with E-state index >= 15 is 0 Å². The molecule has 28 heavy (non-hydrogen) atoms. The van der Waals surface area contributed by atoms with Gasteiger partial charge in [-0.1, -0.05) is 26.8 Å². The zero-order valence-corrected chi connectivity index (χ0v) is 16.3. The molecule has 0 aliphatic heterocycles. The van der Waals surface area contributed by atoms with E-state index in [1.807, 2.05) is 26.8 Å². The Balaban J connectivity index is 2.39. The quantitative estimate of drug-likeness (QED) is 0.544. The van der Waals surface area contributed by atoms with E-state index < -0.39 is 17.9 Å². The van der Waals surface area contributed by atoms with Crippen LogP contribution < -0.4 is 5.43 Å². The summed E-state index contributed by atoms with van der Waals surface area (Å²) in [5, 5.41) is 9.80. The van der Waals surface area contributed by atoms with Gasteiger partial charge in [-0.3, -0.25) is 9.59 Å². The van der Waals surface area contributed by atoms with Gasteiger partial charge >= 0.3 is 11.9 Å². The number of aliphatic carboxylic acids is 1. The Morgan fingerprint density at radius 3 is 2.43 bits per heavy atom. The summed E-state index contributed by atoms with van der Waals surface area (Å²) in [7, 11) is 1.18. The highest BCUT2D eigenvalue weighted by molar-refractivity contribution is 5.98. The molecule has 0 spiro atoms. The van der Waals surface area contributed by atoms with Crippen molar-refractivity contribution in [3.05, 3.63) is 51.3 Å². The zero-order valence-electron chi connectivity index (χ0n) is 16.3. The van der Waals surface area contributed by atoms with Crippen LogP contribution in [-0.4, -0.2) is 29.1 Å². The molecule has 2 heterocycles. The number of rotatable bonds is 3. The highest BCUT2D eigenvalue weighted by Gasteiger charge is 2.26. The number of carbonyl (C=O) groups excluding carboxylic acids is 1. The second-order valence-corrected chi connectivity index (χ2v) is 7.72. The van der Waals surface area contributed by atoms with Crippen molar-refractivity contribution in [2.45, 2.75) is 39.0 Å². The minimum absolute atomic E-state index is 0.0133. The fourth-order valence-electron chi connectivity index (χ4n) is 2.98. The third-order valence-electron chi connectivity index (χ3n) is 4.74. The van der Waals surface area contributed by atoms with Gasteiger partial charge in [0.05, 0.1) is 35.1 Å². The highest BCUT2D eigenvalue weighted by atomic mass is 16.5. The van der Waals surface area contributed by atoms with E-state index in [4.69, 9.17) is 9.15 Å². The minimum Gasteiger partial charge on any atom is -0.481 e. The first-order chi connectivity index (χ1) is 13.0. The molecule has 0 bridgehead atoms. The van der Waals surface area contributed by atoms with Crippen molar-refractivity contribution in [1.29, 1.82) is 0 Å². The van der Waals surface area contributed by atoms with Gasteiger partial charge < -0.3 is 14.3 Å². The zero-order chi connectivity index (χ0) is 20.8. The van der Waals surface area contributed by atoms with Crippen molar-refractivity contribution in [2.75, 3.05) is 7.11 Å². The molecule has 0 radical (unpaired) electrons. The number of benzene rings is 1. The summed E-state index contributed by atoms with van der Waals surface area (Å²) in [6.45, 7) is 7.51. The van der Waals surface area contributed by atoms with E-state index in [9.17, 15) is 19.5 Å². The predicted octanol–water partition coefficient (Wildman–Crippen LogP) is 3.61. The minimum atomic E-state index is -1.16. The number of aromatic nitrogens is 1. The molecule has 3 rings (SSSR count). The van der Waals surface area contributed by atoms with E-state index in [1.165, 1.54) is 20.1 Å². The number of esters is 1. The largest absolute Gasteiger partial charge is 0.481 e. The average Bonchev–Trinajstić information content (AvgIpc) is 2.65. The van der Waals surface area contributed by atoms with Crippen molar-refractivity contribution in [3.63, 3.8) is 0 Å². The van der Waals surface area contributed by atoms with Crippen LogP contribution in [0.15, 0.2) is 33.5 Å². The van der Waals surface area contributed by atoms with Crippen LogP contribution in [0.4, 0.5) is 0 Å². The molecule has 146 valence electrons. The van der Waals surface area contributed by atoms with E-state index in [0.29, 0.717) is 11.0 Å². The SMILES string of the molecule is COC(=O)c1cc2c(=O)c3cc(C(C)(C)C)ccc3oc2nc1C(C)C(=O)O. The molecule has 1 N–H and O–H groups in total. The smallest absolute Gasteiger partial charge is 0.339 e. The Kier molecular flexibility index (Phi) is 4.71. The first kappa shape index (κ1) is 19.5. The van der Waals surface area contributed by atoms with Crippen LogP contribution in [0.25, 0.3) is 22.1 Å². The lowest BCUT2D eigenvalue weighted by atomic mass is 9.86. The molecule has 7 nitrogen and oxygen atoms in total. The van der Waals surface area contributed by atoms with Crippen molar-refractivity contribution < 1.29 is 23.8 Å². The van der Waals surface area contributed by atoms with Crippen molar-refractivity contribution >= 4 is 34.0 Å². The maximum absolute atomic E-state index is 13.1. The Morgan fingerprint density at radius 2 is 1.86 bits per heavy atom. The second-order valence-electron chi connectivity index (χ2n) is 7.72. The molecule has 7 heteroatoms. The van der Waals surface area contributed by atoms with Gasteiger partial charge in [0.15, 0.2) is 0 Å². The van der Waals surface area contributed by atoms with Crippen molar-refractivity contribution in [3.8, 4) is 0 Å². The van der Waals surface area contributed by atoms with Gasteiger partial charge in [-0.2, -0.15) is 0 Å². The summed E-state index contributed by atoms with van der Waals surface area (Å²) in [6, 6.07) is 6.65. The van der Waals surface area contributed by atoms with Crippen LogP contribution in [0.3, 0.4) is 0 Å². The molecule has 0 amide bonds. The van der Waals surface area contributed by atoms with Gasteiger partial charge in [0.1, 0.15) is 5.58 Å². The Morgan fingerprint density at radius 1 is 1.18 bits per heavy atom. The monoisotopic (exact) mass is 383 g/mol. The summed E-state index contributed by atoms with van der Waals surface area (Å²) in [6.07, 6.45) is 0. The fourth-order valence-corrected chi connectivity index (χ4v) is 2.98. The normalized spacial score (nSPS) is 12.9. The Bertz CT molecular complexity index is 1170. The molecule has 2 aromatic heterocycles. The van der Waals surface area contributed by atoms with Gasteiger partial charge in [0, 0.05) is 0 Å². The lowest BCUT2D eigenvalue weighted by Crippen LogP contribution is -2.17. The number of fused-ring (bicyclic) bond motifs is 2. The molecular weight excluding hydrogens is 362 g/mol. The molecule has 1 atom stereocenters. The van der Waals surface area contributed by atoms with Crippen LogP contribution in [0.2, 0.25) is 0 Å². The van der Waals surface area contributed by atoms with E-state index in [-0.39, 0.29) is 33.2 Å². The van der Waals surface area contributed by atoms with Crippen LogP contribution >= 0.6 is 0 Å². The molecule has 0 aliphatic rings. The maximum Gasteiger partial charge on any atom is 0.339 e. The van der Waals surface area contributed by atoms with Crippen molar-refractivity contribution in [2.24, 2.45) is 0 Å². The third kappa shape index (κ3) is 3.24. The van der Waals surface area contributed by atoms with Gasteiger partial charge in [-0.15, -0.1) is 0 Å².